The van der Waals surface area contributed by atoms with Gasteiger partial charge in [-0.3, -0.25) is 0 Å². The summed E-state index contributed by atoms with van der Waals surface area (Å²) in [6, 6.07) is 2.72. The maximum Gasteiger partial charge on any atom is 0.162 e. The number of carbonyl (C=O) groups excluding carboxylic acids is 1. The Bertz CT molecular complexity index is 347. The molecule has 0 aromatic heterocycles. The van der Waals surface area contributed by atoms with Gasteiger partial charge in [-0.2, -0.15) is 0 Å². The highest BCUT2D eigenvalue weighted by atomic mass is 19.2. The highest BCUT2D eigenvalue weighted by molar-refractivity contribution is 5.51. The minimum Gasteiger partial charge on any atom is -0.303 e. The van der Waals surface area contributed by atoms with Crippen LogP contribution in [-0.4, -0.2) is 6.29 Å². The third-order valence-corrected chi connectivity index (χ3v) is 2.18. The fourth-order valence-electron chi connectivity index (χ4n) is 1.38. The standard InChI is InChI=1S/C11H12F2O/c1-7-5-9(8(2)3-4-14)11(13)10(12)6-7/h4-6,8H,3H2,1-2H3. The van der Waals surface area contributed by atoms with Gasteiger partial charge in [0.1, 0.15) is 6.29 Å². The van der Waals surface area contributed by atoms with Crippen molar-refractivity contribution in [3.63, 3.8) is 0 Å². The summed E-state index contributed by atoms with van der Waals surface area (Å²) in [4.78, 5) is 10.3. The molecule has 1 nitrogen and oxygen atoms in total. The second kappa shape index (κ2) is 4.31. The first-order valence-corrected chi connectivity index (χ1v) is 4.45. The molecule has 1 atom stereocenters. The van der Waals surface area contributed by atoms with Gasteiger partial charge in [0.2, 0.25) is 0 Å². The molecule has 0 saturated heterocycles. The molecule has 1 aromatic rings. The summed E-state index contributed by atoms with van der Waals surface area (Å²) in [6.45, 7) is 3.39. The average Bonchev–Trinajstić information content (AvgIpc) is 2.11. The summed E-state index contributed by atoms with van der Waals surface area (Å²) in [5, 5.41) is 0. The van der Waals surface area contributed by atoms with Gasteiger partial charge >= 0.3 is 0 Å². The molecule has 0 aliphatic rings. The third kappa shape index (κ3) is 2.16. The Morgan fingerprint density at radius 1 is 1.43 bits per heavy atom. The number of hydrogen-bond acceptors (Lipinski definition) is 1. The van der Waals surface area contributed by atoms with Crippen molar-refractivity contribution in [2.45, 2.75) is 26.2 Å². The van der Waals surface area contributed by atoms with Gasteiger partial charge in [-0.15, -0.1) is 0 Å². The van der Waals surface area contributed by atoms with Gasteiger partial charge in [0.25, 0.3) is 0 Å². The lowest BCUT2D eigenvalue weighted by molar-refractivity contribution is -0.108. The Kier molecular flexibility index (Phi) is 3.33. The van der Waals surface area contributed by atoms with Crippen molar-refractivity contribution in [2.75, 3.05) is 0 Å². The van der Waals surface area contributed by atoms with Crippen LogP contribution in [0.1, 0.15) is 30.4 Å². The largest absolute Gasteiger partial charge is 0.303 e. The van der Waals surface area contributed by atoms with E-state index in [1.165, 1.54) is 0 Å². The number of hydrogen-bond donors (Lipinski definition) is 0. The van der Waals surface area contributed by atoms with Crippen molar-refractivity contribution in [1.29, 1.82) is 0 Å². The lowest BCUT2D eigenvalue weighted by Crippen LogP contribution is -2.01. The summed E-state index contributed by atoms with van der Waals surface area (Å²) in [6.07, 6.45) is 0.921. The van der Waals surface area contributed by atoms with Crippen molar-refractivity contribution in [2.24, 2.45) is 0 Å². The predicted octanol–water partition coefficient (Wildman–Crippen LogP) is 2.97. The number of carbonyl (C=O) groups is 1. The van der Waals surface area contributed by atoms with E-state index in [2.05, 4.69) is 0 Å². The Morgan fingerprint density at radius 2 is 2.07 bits per heavy atom. The van der Waals surface area contributed by atoms with Gasteiger partial charge in [0.15, 0.2) is 11.6 Å². The molecule has 1 rings (SSSR count). The molecule has 0 fully saturated rings. The number of benzene rings is 1. The number of aryl methyl sites for hydroxylation is 1. The monoisotopic (exact) mass is 198 g/mol. The van der Waals surface area contributed by atoms with Crippen molar-refractivity contribution < 1.29 is 13.6 Å². The van der Waals surface area contributed by atoms with E-state index in [4.69, 9.17) is 0 Å². The average molecular weight is 198 g/mol. The summed E-state index contributed by atoms with van der Waals surface area (Å²) in [5.74, 6) is -1.97. The normalized spacial score (nSPS) is 12.6. The second-order valence-corrected chi connectivity index (χ2v) is 3.45. The van der Waals surface area contributed by atoms with E-state index in [1.54, 1.807) is 19.9 Å². The van der Waals surface area contributed by atoms with Crippen LogP contribution >= 0.6 is 0 Å². The fourth-order valence-corrected chi connectivity index (χ4v) is 1.38. The zero-order valence-electron chi connectivity index (χ0n) is 8.18. The number of aldehydes is 1. The lowest BCUT2D eigenvalue weighted by Gasteiger charge is -2.10. The van der Waals surface area contributed by atoms with Crippen LogP contribution in [0.25, 0.3) is 0 Å². The molecule has 76 valence electrons. The first kappa shape index (κ1) is 10.8. The molecule has 0 N–H and O–H groups in total. The molecule has 1 aromatic carbocycles. The van der Waals surface area contributed by atoms with Gasteiger partial charge in [-0.25, -0.2) is 8.78 Å². The smallest absolute Gasteiger partial charge is 0.162 e. The Hall–Kier alpha value is -1.25. The van der Waals surface area contributed by atoms with Crippen LogP contribution in [0.15, 0.2) is 12.1 Å². The Morgan fingerprint density at radius 3 is 2.64 bits per heavy atom. The van der Waals surface area contributed by atoms with E-state index >= 15 is 0 Å². The molecular weight excluding hydrogens is 186 g/mol. The molecule has 0 aliphatic heterocycles. The van der Waals surface area contributed by atoms with Crippen LogP contribution in [0.4, 0.5) is 8.78 Å². The molecule has 3 heteroatoms. The zero-order chi connectivity index (χ0) is 10.7. The highest BCUT2D eigenvalue weighted by Crippen LogP contribution is 2.24. The van der Waals surface area contributed by atoms with E-state index in [1.807, 2.05) is 0 Å². The van der Waals surface area contributed by atoms with Crippen LogP contribution in [0.2, 0.25) is 0 Å². The van der Waals surface area contributed by atoms with Gasteiger partial charge < -0.3 is 4.79 Å². The van der Waals surface area contributed by atoms with E-state index in [0.717, 1.165) is 6.07 Å². The zero-order valence-corrected chi connectivity index (χ0v) is 8.18. The van der Waals surface area contributed by atoms with Gasteiger partial charge in [-0.05, 0) is 30.0 Å². The van der Waals surface area contributed by atoms with E-state index in [-0.39, 0.29) is 17.9 Å². The predicted molar refractivity (Wildman–Crippen MR) is 50.2 cm³/mol. The molecule has 0 bridgehead atoms. The maximum atomic E-state index is 13.3. The molecular formula is C11H12F2O. The van der Waals surface area contributed by atoms with E-state index < -0.39 is 11.6 Å². The maximum absolute atomic E-state index is 13.3. The first-order valence-electron chi connectivity index (χ1n) is 4.45. The summed E-state index contributed by atoms with van der Waals surface area (Å²) < 4.78 is 26.2. The first-order chi connectivity index (χ1) is 6.56. The van der Waals surface area contributed by atoms with E-state index in [9.17, 15) is 13.6 Å². The molecule has 0 aliphatic carbocycles. The molecule has 0 radical (unpaired) electrons. The van der Waals surface area contributed by atoms with Crippen LogP contribution < -0.4 is 0 Å². The number of rotatable bonds is 3. The minimum atomic E-state index is -0.849. The number of halogens is 2. The summed E-state index contributed by atoms with van der Waals surface area (Å²) in [7, 11) is 0. The van der Waals surface area contributed by atoms with Crippen LogP contribution in [-0.2, 0) is 4.79 Å². The molecule has 14 heavy (non-hydrogen) atoms. The van der Waals surface area contributed by atoms with Crippen molar-refractivity contribution >= 4 is 6.29 Å². The highest BCUT2D eigenvalue weighted by Gasteiger charge is 2.14. The molecule has 0 spiro atoms. The second-order valence-electron chi connectivity index (χ2n) is 3.45. The minimum absolute atomic E-state index is 0.208. The van der Waals surface area contributed by atoms with Crippen LogP contribution in [0.3, 0.4) is 0 Å². The van der Waals surface area contributed by atoms with Crippen molar-refractivity contribution in [3.8, 4) is 0 Å². The quantitative estimate of drug-likeness (QED) is 0.682. The van der Waals surface area contributed by atoms with Crippen molar-refractivity contribution in [1.82, 2.24) is 0 Å². The lowest BCUT2D eigenvalue weighted by atomic mass is 9.96. The van der Waals surface area contributed by atoms with Gasteiger partial charge in [0, 0.05) is 6.42 Å². The molecule has 0 saturated carbocycles. The van der Waals surface area contributed by atoms with Crippen LogP contribution in [0, 0.1) is 18.6 Å². The molecule has 0 amide bonds. The fraction of sp³-hybridized carbons (Fsp3) is 0.364. The Labute approximate surface area is 81.7 Å². The van der Waals surface area contributed by atoms with E-state index in [0.29, 0.717) is 11.8 Å². The third-order valence-electron chi connectivity index (χ3n) is 2.18. The summed E-state index contributed by atoms with van der Waals surface area (Å²) in [5.41, 5.74) is 0.936. The SMILES string of the molecule is Cc1cc(F)c(F)c(C(C)CC=O)c1. The molecule has 1 unspecified atom stereocenters. The topological polar surface area (TPSA) is 17.1 Å². The van der Waals surface area contributed by atoms with Crippen LogP contribution in [0.5, 0.6) is 0 Å². The summed E-state index contributed by atoms with van der Waals surface area (Å²) >= 11 is 0. The van der Waals surface area contributed by atoms with Crippen molar-refractivity contribution in [3.05, 3.63) is 34.9 Å². The molecule has 0 heterocycles. The van der Waals surface area contributed by atoms with Gasteiger partial charge in [0.05, 0.1) is 0 Å². The Balaban J connectivity index is 3.12. The van der Waals surface area contributed by atoms with Gasteiger partial charge in [-0.1, -0.05) is 13.0 Å².